The molecule has 0 aliphatic rings. The molecule has 0 saturated carbocycles. The van der Waals surface area contributed by atoms with Crippen LogP contribution < -0.4 is 5.73 Å². The number of nitrogen functional groups attached to an aromatic ring is 1. The van der Waals surface area contributed by atoms with Crippen molar-refractivity contribution in [2.24, 2.45) is 4.99 Å². The van der Waals surface area contributed by atoms with Crippen molar-refractivity contribution in [2.75, 3.05) is 5.73 Å². The predicted molar refractivity (Wildman–Crippen MR) is 54.8 cm³/mol. The first-order valence-corrected chi connectivity index (χ1v) is 3.79. The van der Waals surface area contributed by atoms with Crippen LogP contribution in [0, 0.1) is 0 Å². The maximum absolute atomic E-state index is 5.72. The smallest absolute Gasteiger partial charge is 0.0718 e. The van der Waals surface area contributed by atoms with Crippen molar-refractivity contribution in [1.29, 1.82) is 0 Å². The first kappa shape index (κ1) is 8.53. The van der Waals surface area contributed by atoms with Crippen LogP contribution in [0.4, 0.5) is 11.4 Å². The van der Waals surface area contributed by atoms with Crippen LogP contribution in [0.3, 0.4) is 0 Å². The van der Waals surface area contributed by atoms with Gasteiger partial charge < -0.3 is 5.73 Å². The fourth-order valence-corrected chi connectivity index (χ4v) is 1.04. The zero-order chi connectivity index (χ0) is 8.97. The van der Waals surface area contributed by atoms with Gasteiger partial charge in [0.15, 0.2) is 0 Å². The van der Waals surface area contributed by atoms with Gasteiger partial charge in [-0.2, -0.15) is 0 Å². The molecule has 0 saturated heterocycles. The van der Waals surface area contributed by atoms with Gasteiger partial charge in [-0.3, -0.25) is 4.99 Å². The third kappa shape index (κ3) is 1.53. The van der Waals surface area contributed by atoms with E-state index in [0.717, 1.165) is 11.3 Å². The van der Waals surface area contributed by atoms with Crippen molar-refractivity contribution in [3.63, 3.8) is 0 Å². The number of benzene rings is 1. The molecular weight excluding hydrogens is 148 g/mol. The Morgan fingerprint density at radius 1 is 1.50 bits per heavy atom. The minimum absolute atomic E-state index is 0.716. The largest absolute Gasteiger partial charge is 0.398 e. The van der Waals surface area contributed by atoms with Crippen LogP contribution in [0.1, 0.15) is 12.5 Å². The number of nitrogens with two attached hydrogens (primary N) is 1. The molecule has 0 amide bonds. The molecule has 0 bridgehead atoms. The minimum atomic E-state index is 0.716. The van der Waals surface area contributed by atoms with E-state index < -0.39 is 0 Å². The standard InChI is InChI=1S/C10H12N2/c1-3-8-9(11)6-5-7-10(8)12-4-2/h3-7H,1,11H2,2H3/b12-4-. The van der Waals surface area contributed by atoms with Crippen LogP contribution in [0.25, 0.3) is 6.08 Å². The van der Waals surface area contributed by atoms with E-state index in [4.69, 9.17) is 5.73 Å². The van der Waals surface area contributed by atoms with Crippen molar-refractivity contribution >= 4 is 23.7 Å². The summed E-state index contributed by atoms with van der Waals surface area (Å²) < 4.78 is 0. The lowest BCUT2D eigenvalue weighted by Crippen LogP contribution is -1.88. The van der Waals surface area contributed by atoms with Gasteiger partial charge in [-0.15, -0.1) is 0 Å². The van der Waals surface area contributed by atoms with E-state index in [1.807, 2.05) is 25.1 Å². The second-order valence-electron chi connectivity index (χ2n) is 2.37. The Morgan fingerprint density at radius 3 is 2.83 bits per heavy atom. The summed E-state index contributed by atoms with van der Waals surface area (Å²) in [5.74, 6) is 0. The molecule has 0 fully saturated rings. The second-order valence-corrected chi connectivity index (χ2v) is 2.37. The molecule has 0 aliphatic carbocycles. The topological polar surface area (TPSA) is 38.4 Å². The van der Waals surface area contributed by atoms with Gasteiger partial charge in [0.1, 0.15) is 0 Å². The number of hydrogen-bond acceptors (Lipinski definition) is 2. The summed E-state index contributed by atoms with van der Waals surface area (Å²) in [6.07, 6.45) is 3.46. The number of rotatable bonds is 2. The van der Waals surface area contributed by atoms with Gasteiger partial charge in [-0.05, 0) is 19.1 Å². The van der Waals surface area contributed by atoms with Crippen molar-refractivity contribution in [2.45, 2.75) is 6.92 Å². The number of nitrogens with zero attached hydrogens (tertiary/aromatic N) is 1. The molecule has 0 atom stereocenters. The van der Waals surface area contributed by atoms with E-state index in [-0.39, 0.29) is 0 Å². The molecule has 12 heavy (non-hydrogen) atoms. The molecular formula is C10H12N2. The van der Waals surface area contributed by atoms with Gasteiger partial charge in [0.25, 0.3) is 0 Å². The van der Waals surface area contributed by atoms with Crippen LogP contribution in [0.2, 0.25) is 0 Å². The SMILES string of the molecule is C=Cc1c(N)cccc1/N=C\C. The fourth-order valence-electron chi connectivity index (χ4n) is 1.04. The molecule has 2 nitrogen and oxygen atoms in total. The molecule has 0 heterocycles. The lowest BCUT2D eigenvalue weighted by Gasteiger charge is -2.02. The van der Waals surface area contributed by atoms with Gasteiger partial charge in [0, 0.05) is 17.5 Å². The quantitative estimate of drug-likeness (QED) is 0.524. The average Bonchev–Trinajstić information content (AvgIpc) is 2.05. The fraction of sp³-hybridized carbons (Fsp3) is 0.100. The van der Waals surface area contributed by atoms with Gasteiger partial charge in [0.05, 0.1) is 5.69 Å². The minimum Gasteiger partial charge on any atom is -0.398 e. The average molecular weight is 160 g/mol. The van der Waals surface area contributed by atoms with Crippen molar-refractivity contribution in [3.8, 4) is 0 Å². The third-order valence-corrected chi connectivity index (χ3v) is 1.59. The number of anilines is 1. The van der Waals surface area contributed by atoms with E-state index in [0.29, 0.717) is 5.69 Å². The maximum Gasteiger partial charge on any atom is 0.0718 e. The lowest BCUT2D eigenvalue weighted by atomic mass is 10.1. The number of hydrogen-bond donors (Lipinski definition) is 1. The van der Waals surface area contributed by atoms with E-state index in [2.05, 4.69) is 11.6 Å². The molecule has 62 valence electrons. The van der Waals surface area contributed by atoms with Crippen LogP contribution in [0.15, 0.2) is 29.8 Å². The maximum atomic E-state index is 5.72. The van der Waals surface area contributed by atoms with Crippen LogP contribution in [0.5, 0.6) is 0 Å². The Morgan fingerprint density at radius 2 is 2.25 bits per heavy atom. The molecule has 1 rings (SSSR count). The Balaban J connectivity index is 3.27. The van der Waals surface area contributed by atoms with Crippen LogP contribution in [-0.4, -0.2) is 6.21 Å². The summed E-state index contributed by atoms with van der Waals surface area (Å²) in [7, 11) is 0. The molecule has 0 unspecified atom stereocenters. The lowest BCUT2D eigenvalue weighted by molar-refractivity contribution is 1.50. The van der Waals surface area contributed by atoms with Gasteiger partial charge >= 0.3 is 0 Å². The molecule has 0 spiro atoms. The normalized spacial score (nSPS) is 10.4. The van der Waals surface area contributed by atoms with E-state index in [1.165, 1.54) is 0 Å². The zero-order valence-corrected chi connectivity index (χ0v) is 7.12. The zero-order valence-electron chi connectivity index (χ0n) is 7.12. The summed E-state index contributed by atoms with van der Waals surface area (Å²) in [6.45, 7) is 5.55. The van der Waals surface area contributed by atoms with E-state index in [1.54, 1.807) is 12.3 Å². The summed E-state index contributed by atoms with van der Waals surface area (Å²) in [4.78, 5) is 4.16. The van der Waals surface area contributed by atoms with Crippen LogP contribution in [-0.2, 0) is 0 Å². The molecule has 1 aromatic carbocycles. The highest BCUT2D eigenvalue weighted by Crippen LogP contribution is 2.25. The Labute approximate surface area is 72.4 Å². The molecule has 1 aromatic rings. The molecule has 0 aromatic heterocycles. The highest BCUT2D eigenvalue weighted by Gasteiger charge is 1.98. The second kappa shape index (κ2) is 3.72. The summed E-state index contributed by atoms with van der Waals surface area (Å²) in [5.41, 5.74) is 8.20. The summed E-state index contributed by atoms with van der Waals surface area (Å²) in [6, 6.07) is 5.63. The van der Waals surface area contributed by atoms with Crippen molar-refractivity contribution in [1.82, 2.24) is 0 Å². The van der Waals surface area contributed by atoms with Gasteiger partial charge in [-0.1, -0.05) is 18.7 Å². The highest BCUT2D eigenvalue weighted by molar-refractivity contribution is 5.76. The van der Waals surface area contributed by atoms with Crippen molar-refractivity contribution < 1.29 is 0 Å². The predicted octanol–water partition coefficient (Wildman–Crippen LogP) is 2.63. The van der Waals surface area contributed by atoms with Crippen LogP contribution >= 0.6 is 0 Å². The van der Waals surface area contributed by atoms with E-state index >= 15 is 0 Å². The van der Waals surface area contributed by atoms with E-state index in [9.17, 15) is 0 Å². The van der Waals surface area contributed by atoms with Crippen molar-refractivity contribution in [3.05, 3.63) is 30.3 Å². The summed E-state index contributed by atoms with van der Waals surface area (Å²) in [5, 5.41) is 0. The molecule has 2 N–H and O–H groups in total. The first-order chi connectivity index (χ1) is 5.79. The first-order valence-electron chi connectivity index (χ1n) is 3.79. The summed E-state index contributed by atoms with van der Waals surface area (Å²) >= 11 is 0. The Hall–Kier alpha value is -1.57. The Bertz CT molecular complexity index is 314. The highest BCUT2D eigenvalue weighted by atomic mass is 14.7. The monoisotopic (exact) mass is 160 g/mol. The van der Waals surface area contributed by atoms with Gasteiger partial charge in [-0.25, -0.2) is 0 Å². The third-order valence-electron chi connectivity index (χ3n) is 1.59. The van der Waals surface area contributed by atoms with Gasteiger partial charge in [0.2, 0.25) is 0 Å². The molecule has 0 radical (unpaired) electrons. The Kier molecular flexibility index (Phi) is 2.64. The number of aliphatic imine (C=N–C) groups is 1. The molecule has 0 aliphatic heterocycles. The molecule has 2 heteroatoms.